The first-order chi connectivity index (χ1) is 8.70. The number of carbonyl (C=O) groups excluding carboxylic acids is 1. The fourth-order valence-corrected chi connectivity index (χ4v) is 2.90. The van der Waals surface area contributed by atoms with Crippen molar-refractivity contribution in [2.45, 2.75) is 6.42 Å². The SMILES string of the molecule is CN(CCc1cccs1)c1ccc(Br)cc1C=O. The van der Waals surface area contributed by atoms with E-state index in [-0.39, 0.29) is 0 Å². The summed E-state index contributed by atoms with van der Waals surface area (Å²) in [6, 6.07) is 9.99. The number of thiophene rings is 1. The van der Waals surface area contributed by atoms with E-state index in [1.54, 1.807) is 11.3 Å². The molecule has 0 aliphatic rings. The van der Waals surface area contributed by atoms with Crippen LogP contribution in [0.25, 0.3) is 0 Å². The predicted molar refractivity (Wildman–Crippen MR) is 80.8 cm³/mol. The number of nitrogens with zero attached hydrogens (tertiary/aromatic N) is 1. The first-order valence-corrected chi connectivity index (χ1v) is 7.36. The summed E-state index contributed by atoms with van der Waals surface area (Å²) >= 11 is 5.15. The van der Waals surface area contributed by atoms with Crippen LogP contribution in [0.3, 0.4) is 0 Å². The molecule has 1 heterocycles. The number of anilines is 1. The molecule has 0 spiro atoms. The van der Waals surface area contributed by atoms with Crippen LogP contribution in [-0.2, 0) is 6.42 Å². The van der Waals surface area contributed by atoms with E-state index in [0.29, 0.717) is 0 Å². The summed E-state index contributed by atoms with van der Waals surface area (Å²) < 4.78 is 0.931. The Balaban J connectivity index is 2.08. The van der Waals surface area contributed by atoms with Crippen LogP contribution in [0.5, 0.6) is 0 Å². The van der Waals surface area contributed by atoms with Crippen molar-refractivity contribution in [1.82, 2.24) is 0 Å². The van der Waals surface area contributed by atoms with Crippen molar-refractivity contribution in [2.24, 2.45) is 0 Å². The number of likely N-dealkylation sites (N-methyl/N-ethyl adjacent to an activating group) is 1. The van der Waals surface area contributed by atoms with Crippen LogP contribution in [0.2, 0.25) is 0 Å². The smallest absolute Gasteiger partial charge is 0.152 e. The Kier molecular flexibility index (Phi) is 4.55. The highest BCUT2D eigenvalue weighted by atomic mass is 79.9. The first-order valence-electron chi connectivity index (χ1n) is 5.69. The predicted octanol–water partition coefficient (Wildman–Crippen LogP) is 4.00. The molecule has 0 radical (unpaired) electrons. The van der Waals surface area contributed by atoms with Gasteiger partial charge in [0.15, 0.2) is 6.29 Å². The molecule has 0 aliphatic carbocycles. The van der Waals surface area contributed by atoms with E-state index >= 15 is 0 Å². The number of hydrogen-bond donors (Lipinski definition) is 0. The minimum absolute atomic E-state index is 0.720. The summed E-state index contributed by atoms with van der Waals surface area (Å²) in [6.45, 7) is 0.906. The van der Waals surface area contributed by atoms with Gasteiger partial charge in [-0.3, -0.25) is 4.79 Å². The Morgan fingerprint density at radius 3 is 2.89 bits per heavy atom. The van der Waals surface area contributed by atoms with Gasteiger partial charge in [0.05, 0.1) is 0 Å². The van der Waals surface area contributed by atoms with E-state index < -0.39 is 0 Å². The second-order valence-corrected chi connectivity index (χ2v) is 6.02. The number of halogens is 1. The van der Waals surface area contributed by atoms with Gasteiger partial charge in [-0.1, -0.05) is 22.0 Å². The summed E-state index contributed by atoms with van der Waals surface area (Å²) in [5, 5.41) is 2.09. The van der Waals surface area contributed by atoms with Gasteiger partial charge in [-0.2, -0.15) is 0 Å². The van der Waals surface area contributed by atoms with Crippen LogP contribution in [0.4, 0.5) is 5.69 Å². The zero-order valence-electron chi connectivity index (χ0n) is 10.1. The highest BCUT2D eigenvalue weighted by Crippen LogP contribution is 2.23. The molecule has 18 heavy (non-hydrogen) atoms. The van der Waals surface area contributed by atoms with Crippen molar-refractivity contribution in [2.75, 3.05) is 18.5 Å². The Labute approximate surface area is 119 Å². The number of hydrogen-bond acceptors (Lipinski definition) is 3. The Morgan fingerprint density at radius 1 is 1.39 bits per heavy atom. The lowest BCUT2D eigenvalue weighted by Crippen LogP contribution is -2.21. The van der Waals surface area contributed by atoms with Crippen LogP contribution in [0, 0.1) is 0 Å². The van der Waals surface area contributed by atoms with Crippen LogP contribution in [0.1, 0.15) is 15.2 Å². The van der Waals surface area contributed by atoms with Gasteiger partial charge in [0.1, 0.15) is 0 Å². The zero-order valence-corrected chi connectivity index (χ0v) is 12.5. The van der Waals surface area contributed by atoms with Gasteiger partial charge in [-0.05, 0) is 36.1 Å². The fourth-order valence-electron chi connectivity index (χ4n) is 1.82. The van der Waals surface area contributed by atoms with Gasteiger partial charge < -0.3 is 4.90 Å². The summed E-state index contributed by atoms with van der Waals surface area (Å²) in [5.74, 6) is 0. The Morgan fingerprint density at radius 2 is 2.22 bits per heavy atom. The maximum atomic E-state index is 11.1. The van der Waals surface area contributed by atoms with Gasteiger partial charge in [-0.25, -0.2) is 0 Å². The third kappa shape index (κ3) is 3.21. The summed E-state index contributed by atoms with van der Waals surface area (Å²) in [5.41, 5.74) is 1.70. The average Bonchev–Trinajstić information content (AvgIpc) is 2.88. The lowest BCUT2D eigenvalue weighted by molar-refractivity contribution is 0.112. The molecule has 0 amide bonds. The standard InChI is InChI=1S/C14H14BrNOS/c1-16(7-6-13-3-2-8-18-13)14-5-4-12(15)9-11(14)10-17/h2-5,8-10H,6-7H2,1H3. The van der Waals surface area contributed by atoms with E-state index in [0.717, 1.165) is 35.0 Å². The van der Waals surface area contributed by atoms with E-state index in [1.165, 1.54) is 4.88 Å². The van der Waals surface area contributed by atoms with Crippen molar-refractivity contribution in [3.8, 4) is 0 Å². The van der Waals surface area contributed by atoms with Gasteiger partial charge in [0, 0.05) is 34.2 Å². The lowest BCUT2D eigenvalue weighted by Gasteiger charge is -2.20. The van der Waals surface area contributed by atoms with Gasteiger partial charge in [0.2, 0.25) is 0 Å². The molecular formula is C14H14BrNOS. The van der Waals surface area contributed by atoms with Crippen molar-refractivity contribution in [3.63, 3.8) is 0 Å². The molecule has 0 bridgehead atoms. The minimum atomic E-state index is 0.720. The van der Waals surface area contributed by atoms with Crippen LogP contribution < -0.4 is 4.90 Å². The number of rotatable bonds is 5. The molecule has 0 saturated heterocycles. The molecule has 0 fully saturated rings. The van der Waals surface area contributed by atoms with Gasteiger partial charge in [-0.15, -0.1) is 11.3 Å². The largest absolute Gasteiger partial charge is 0.374 e. The second-order valence-electron chi connectivity index (χ2n) is 4.07. The molecule has 0 N–H and O–H groups in total. The zero-order chi connectivity index (χ0) is 13.0. The van der Waals surface area contributed by atoms with E-state index in [4.69, 9.17) is 0 Å². The third-order valence-electron chi connectivity index (χ3n) is 2.80. The normalized spacial score (nSPS) is 10.3. The molecule has 2 nitrogen and oxygen atoms in total. The highest BCUT2D eigenvalue weighted by Gasteiger charge is 2.07. The monoisotopic (exact) mass is 323 g/mol. The topological polar surface area (TPSA) is 20.3 Å². The molecule has 0 aliphatic heterocycles. The van der Waals surface area contributed by atoms with Crippen molar-refractivity contribution in [1.29, 1.82) is 0 Å². The Bertz CT molecular complexity index is 525. The Hall–Kier alpha value is -1.13. The molecule has 94 valence electrons. The number of aldehydes is 1. The molecule has 1 aromatic heterocycles. The number of benzene rings is 1. The van der Waals surface area contributed by atoms with Crippen molar-refractivity contribution < 1.29 is 4.79 Å². The van der Waals surface area contributed by atoms with Crippen LogP contribution in [0.15, 0.2) is 40.2 Å². The minimum Gasteiger partial charge on any atom is -0.374 e. The molecule has 2 rings (SSSR count). The number of carbonyl (C=O) groups is 1. The van der Waals surface area contributed by atoms with Crippen LogP contribution in [-0.4, -0.2) is 19.9 Å². The second kappa shape index (κ2) is 6.16. The van der Waals surface area contributed by atoms with Gasteiger partial charge >= 0.3 is 0 Å². The third-order valence-corrected chi connectivity index (χ3v) is 4.23. The van der Waals surface area contributed by atoms with Crippen LogP contribution >= 0.6 is 27.3 Å². The molecule has 0 unspecified atom stereocenters. The first kappa shape index (κ1) is 13.3. The van der Waals surface area contributed by atoms with E-state index in [2.05, 4.69) is 38.3 Å². The molecule has 0 atom stereocenters. The molecule has 2 aromatic rings. The van der Waals surface area contributed by atoms with Gasteiger partial charge in [0.25, 0.3) is 0 Å². The molecule has 1 aromatic carbocycles. The van der Waals surface area contributed by atoms with Crippen molar-refractivity contribution >= 4 is 39.2 Å². The molecule has 0 saturated carbocycles. The summed E-state index contributed by atoms with van der Waals surface area (Å²) in [7, 11) is 2.02. The highest BCUT2D eigenvalue weighted by molar-refractivity contribution is 9.10. The lowest BCUT2D eigenvalue weighted by atomic mass is 10.1. The molecule has 4 heteroatoms. The fraction of sp³-hybridized carbons (Fsp3) is 0.214. The maximum Gasteiger partial charge on any atom is 0.152 e. The van der Waals surface area contributed by atoms with E-state index in [9.17, 15) is 4.79 Å². The summed E-state index contributed by atoms with van der Waals surface area (Å²) in [4.78, 5) is 14.6. The quantitative estimate of drug-likeness (QED) is 0.775. The maximum absolute atomic E-state index is 11.1. The van der Waals surface area contributed by atoms with E-state index in [1.807, 2.05) is 25.2 Å². The average molecular weight is 324 g/mol. The van der Waals surface area contributed by atoms with Crippen molar-refractivity contribution in [3.05, 3.63) is 50.6 Å². The summed E-state index contributed by atoms with van der Waals surface area (Å²) in [6.07, 6.45) is 1.91. The molecular weight excluding hydrogens is 310 g/mol.